The van der Waals surface area contributed by atoms with Gasteiger partial charge in [0.25, 0.3) is 0 Å². The topological polar surface area (TPSA) is 46.7 Å². The summed E-state index contributed by atoms with van der Waals surface area (Å²) in [7, 11) is 0. The van der Waals surface area contributed by atoms with Crippen molar-refractivity contribution in [1.82, 2.24) is 0 Å². The van der Waals surface area contributed by atoms with Gasteiger partial charge in [-0.25, -0.2) is 0 Å². The average molecular weight is 306 g/mol. The van der Waals surface area contributed by atoms with Crippen molar-refractivity contribution in [2.45, 2.75) is 25.4 Å². The number of carbonyl (C=O) groups excluding carboxylic acids is 2. The molecule has 2 aromatic rings. The maximum absolute atomic E-state index is 13.0. The fraction of sp³-hybridized carbons (Fsp3) is 0.300. The maximum Gasteiger partial charge on any atom is 0.177 e. The Morgan fingerprint density at radius 3 is 1.91 bits per heavy atom. The molecule has 0 aromatic heterocycles. The number of Topliss-reactive ketones (excluding diaryl/α,β-unsaturated/α-hetero) is 2. The van der Waals surface area contributed by atoms with Crippen molar-refractivity contribution in [2.24, 2.45) is 5.41 Å². The number of ketones is 2. The summed E-state index contributed by atoms with van der Waals surface area (Å²) < 4.78 is 5.76. The van der Waals surface area contributed by atoms with E-state index in [4.69, 9.17) is 4.74 Å². The first-order valence-electron chi connectivity index (χ1n) is 8.01. The van der Waals surface area contributed by atoms with E-state index in [9.17, 15) is 9.59 Å². The molecule has 23 heavy (non-hydrogen) atoms. The molecule has 0 spiro atoms. The first-order valence-corrected chi connectivity index (χ1v) is 8.01. The Bertz CT molecular complexity index is 753. The van der Waals surface area contributed by atoms with Gasteiger partial charge in [-0.1, -0.05) is 61.5 Å². The zero-order valence-electron chi connectivity index (χ0n) is 13.0. The van der Waals surface area contributed by atoms with Gasteiger partial charge in [0.2, 0.25) is 0 Å². The van der Waals surface area contributed by atoms with Crippen LogP contribution in [0.15, 0.2) is 54.6 Å². The molecular weight excluding hydrogens is 288 g/mol. The van der Waals surface area contributed by atoms with E-state index in [0.717, 1.165) is 5.56 Å². The SMILES string of the molecule is CCC1(CC2(c3ccccc3)CO2)C(=O)c2ccccc2C1=O. The molecule has 0 N–H and O–H groups in total. The molecule has 0 bridgehead atoms. The predicted octanol–water partition coefficient (Wildman–Crippen LogP) is 3.78. The van der Waals surface area contributed by atoms with Crippen LogP contribution >= 0.6 is 0 Å². The molecule has 1 aliphatic heterocycles. The third-order valence-corrected chi connectivity index (χ3v) is 5.27. The van der Waals surface area contributed by atoms with Crippen LogP contribution in [0.25, 0.3) is 0 Å². The molecule has 116 valence electrons. The fourth-order valence-electron chi connectivity index (χ4n) is 3.79. The number of fused-ring (bicyclic) bond motifs is 1. The van der Waals surface area contributed by atoms with Gasteiger partial charge in [-0.05, 0) is 12.0 Å². The predicted molar refractivity (Wildman–Crippen MR) is 86.5 cm³/mol. The van der Waals surface area contributed by atoms with E-state index < -0.39 is 11.0 Å². The molecular formula is C20H18O3. The Balaban J connectivity index is 1.76. The Hall–Kier alpha value is -2.26. The van der Waals surface area contributed by atoms with E-state index in [1.807, 2.05) is 49.4 Å². The zero-order valence-corrected chi connectivity index (χ0v) is 13.0. The van der Waals surface area contributed by atoms with Crippen LogP contribution in [-0.4, -0.2) is 18.2 Å². The molecule has 1 aliphatic carbocycles. The molecule has 2 aromatic carbocycles. The lowest BCUT2D eigenvalue weighted by Crippen LogP contribution is -2.37. The quantitative estimate of drug-likeness (QED) is 0.638. The van der Waals surface area contributed by atoms with E-state index in [-0.39, 0.29) is 11.6 Å². The van der Waals surface area contributed by atoms with Crippen LogP contribution in [0.4, 0.5) is 0 Å². The normalized spacial score (nSPS) is 24.6. The molecule has 2 aliphatic rings. The van der Waals surface area contributed by atoms with Gasteiger partial charge < -0.3 is 4.74 Å². The standard InChI is InChI=1S/C20H18O3/c1-2-19(12-20(13-23-20)14-8-4-3-5-9-14)17(21)15-10-6-7-11-16(15)18(19)22/h3-11H,2,12-13H2,1H3. The van der Waals surface area contributed by atoms with Crippen molar-refractivity contribution in [3.63, 3.8) is 0 Å². The number of epoxide rings is 1. The highest BCUT2D eigenvalue weighted by Gasteiger charge is 2.60. The van der Waals surface area contributed by atoms with Crippen LogP contribution in [0, 0.1) is 5.41 Å². The number of carbonyl (C=O) groups is 2. The molecule has 4 rings (SSSR count). The van der Waals surface area contributed by atoms with Gasteiger partial charge in [-0.15, -0.1) is 0 Å². The Morgan fingerprint density at radius 1 is 0.913 bits per heavy atom. The largest absolute Gasteiger partial charge is 0.364 e. The minimum Gasteiger partial charge on any atom is -0.364 e. The van der Waals surface area contributed by atoms with Gasteiger partial charge in [-0.3, -0.25) is 9.59 Å². The van der Waals surface area contributed by atoms with Crippen LogP contribution in [0.2, 0.25) is 0 Å². The number of benzene rings is 2. The van der Waals surface area contributed by atoms with Gasteiger partial charge >= 0.3 is 0 Å². The summed E-state index contributed by atoms with van der Waals surface area (Å²) in [5.41, 5.74) is 0.677. The van der Waals surface area contributed by atoms with Crippen molar-refractivity contribution in [2.75, 3.05) is 6.61 Å². The zero-order chi connectivity index (χ0) is 16.1. The van der Waals surface area contributed by atoms with Crippen molar-refractivity contribution in [1.29, 1.82) is 0 Å². The summed E-state index contributed by atoms with van der Waals surface area (Å²) in [6.45, 7) is 2.48. The number of hydrogen-bond donors (Lipinski definition) is 0. The molecule has 3 nitrogen and oxygen atoms in total. The summed E-state index contributed by atoms with van der Waals surface area (Å²) in [4.78, 5) is 26.0. The molecule has 0 saturated carbocycles. The summed E-state index contributed by atoms with van der Waals surface area (Å²) in [6, 6.07) is 17.0. The Kier molecular flexibility index (Phi) is 3.03. The van der Waals surface area contributed by atoms with E-state index >= 15 is 0 Å². The Labute approximate surface area is 135 Å². The van der Waals surface area contributed by atoms with Crippen LogP contribution in [-0.2, 0) is 10.3 Å². The lowest BCUT2D eigenvalue weighted by atomic mass is 9.71. The first-order chi connectivity index (χ1) is 11.1. The Morgan fingerprint density at radius 2 is 1.43 bits per heavy atom. The molecule has 1 atom stereocenters. The highest BCUT2D eigenvalue weighted by molar-refractivity contribution is 6.29. The minimum absolute atomic E-state index is 0.0496. The van der Waals surface area contributed by atoms with E-state index in [1.54, 1.807) is 12.1 Å². The van der Waals surface area contributed by atoms with Crippen LogP contribution < -0.4 is 0 Å². The second-order valence-corrected chi connectivity index (χ2v) is 6.47. The average Bonchev–Trinajstić information content (AvgIpc) is 3.36. The molecule has 0 amide bonds. The van der Waals surface area contributed by atoms with E-state index in [1.165, 1.54) is 0 Å². The summed E-state index contributed by atoms with van der Waals surface area (Å²) in [6.07, 6.45) is 0.921. The lowest BCUT2D eigenvalue weighted by Gasteiger charge is -2.28. The smallest absolute Gasteiger partial charge is 0.177 e. The van der Waals surface area contributed by atoms with Crippen molar-refractivity contribution < 1.29 is 14.3 Å². The lowest BCUT2D eigenvalue weighted by molar-refractivity contribution is 0.0617. The minimum atomic E-state index is -0.990. The molecule has 0 radical (unpaired) electrons. The van der Waals surface area contributed by atoms with Crippen LogP contribution in [0.5, 0.6) is 0 Å². The monoisotopic (exact) mass is 306 g/mol. The molecule has 3 heteroatoms. The number of hydrogen-bond acceptors (Lipinski definition) is 3. The van der Waals surface area contributed by atoms with Gasteiger partial charge in [0, 0.05) is 17.5 Å². The van der Waals surface area contributed by atoms with Gasteiger partial charge in [0.05, 0.1) is 12.0 Å². The van der Waals surface area contributed by atoms with Crippen LogP contribution in [0.1, 0.15) is 46.0 Å². The van der Waals surface area contributed by atoms with Crippen molar-refractivity contribution in [3.05, 3.63) is 71.3 Å². The van der Waals surface area contributed by atoms with Crippen molar-refractivity contribution >= 4 is 11.6 Å². The third kappa shape index (κ3) is 1.93. The van der Waals surface area contributed by atoms with Gasteiger partial charge in [0.1, 0.15) is 5.60 Å². The summed E-state index contributed by atoms with van der Waals surface area (Å²) in [5.74, 6) is -0.0992. The maximum atomic E-state index is 13.0. The molecule has 1 heterocycles. The molecule has 1 saturated heterocycles. The second kappa shape index (κ2) is 4.87. The van der Waals surface area contributed by atoms with Gasteiger partial charge in [-0.2, -0.15) is 0 Å². The van der Waals surface area contributed by atoms with Crippen LogP contribution in [0.3, 0.4) is 0 Å². The van der Waals surface area contributed by atoms with Gasteiger partial charge in [0.15, 0.2) is 11.6 Å². The molecule has 1 unspecified atom stereocenters. The highest BCUT2D eigenvalue weighted by Crippen LogP contribution is 2.53. The van der Waals surface area contributed by atoms with E-state index in [0.29, 0.717) is 30.6 Å². The first kappa shape index (κ1) is 14.3. The summed E-state index contributed by atoms with van der Waals surface area (Å²) >= 11 is 0. The number of rotatable bonds is 4. The van der Waals surface area contributed by atoms with Crippen molar-refractivity contribution in [3.8, 4) is 0 Å². The highest BCUT2D eigenvalue weighted by atomic mass is 16.6. The summed E-state index contributed by atoms with van der Waals surface area (Å²) in [5, 5.41) is 0. The number of ether oxygens (including phenoxy) is 1. The fourth-order valence-corrected chi connectivity index (χ4v) is 3.79. The third-order valence-electron chi connectivity index (χ3n) is 5.27. The van der Waals surface area contributed by atoms with E-state index in [2.05, 4.69) is 0 Å². The molecule has 1 fully saturated rings. The second-order valence-electron chi connectivity index (χ2n) is 6.47.